The van der Waals surface area contributed by atoms with E-state index in [0.29, 0.717) is 10.9 Å². The Hall–Kier alpha value is -1.55. The second-order valence-electron chi connectivity index (χ2n) is 3.22. The lowest BCUT2D eigenvalue weighted by Crippen LogP contribution is -1.96. The van der Waals surface area contributed by atoms with Crippen molar-refractivity contribution < 1.29 is 14.3 Å². The third-order valence-electron chi connectivity index (χ3n) is 2.34. The maximum Gasteiger partial charge on any atom is 0.337 e. The van der Waals surface area contributed by atoms with Crippen LogP contribution in [-0.4, -0.2) is 16.1 Å². The molecule has 0 bridgehead atoms. The van der Waals surface area contributed by atoms with Crippen molar-refractivity contribution in [2.45, 2.75) is 6.92 Å². The number of rotatable bonds is 1. The van der Waals surface area contributed by atoms with Crippen LogP contribution in [0.2, 0.25) is 5.02 Å². The van der Waals surface area contributed by atoms with Crippen LogP contribution in [0, 0.1) is 12.7 Å². The quantitative estimate of drug-likeness (QED) is 0.787. The van der Waals surface area contributed by atoms with Crippen LogP contribution >= 0.6 is 11.6 Å². The van der Waals surface area contributed by atoms with E-state index in [1.807, 2.05) is 0 Å². The summed E-state index contributed by atoms with van der Waals surface area (Å²) in [6.45, 7) is 1.52. The Kier molecular flexibility index (Phi) is 2.16. The van der Waals surface area contributed by atoms with Crippen LogP contribution in [0.15, 0.2) is 12.3 Å². The Labute approximate surface area is 89.5 Å². The number of aryl methyl sites for hydroxylation is 1. The molecule has 0 amide bonds. The normalized spacial score (nSPS) is 10.9. The van der Waals surface area contributed by atoms with Gasteiger partial charge in [0.2, 0.25) is 0 Å². The number of carbonyl (C=O) groups is 1. The Balaban J connectivity index is 2.95. The molecule has 1 aromatic heterocycles. The number of aromatic nitrogens is 1. The first-order valence-corrected chi connectivity index (χ1v) is 4.59. The van der Waals surface area contributed by atoms with Crippen LogP contribution in [0.25, 0.3) is 10.9 Å². The van der Waals surface area contributed by atoms with Crippen molar-refractivity contribution in [1.82, 2.24) is 4.98 Å². The zero-order valence-corrected chi connectivity index (χ0v) is 8.52. The third-order valence-corrected chi connectivity index (χ3v) is 2.63. The van der Waals surface area contributed by atoms with E-state index in [2.05, 4.69) is 4.98 Å². The van der Waals surface area contributed by atoms with Gasteiger partial charge < -0.3 is 10.1 Å². The highest BCUT2D eigenvalue weighted by Gasteiger charge is 2.17. The van der Waals surface area contributed by atoms with Crippen LogP contribution in [-0.2, 0) is 0 Å². The molecule has 15 heavy (non-hydrogen) atoms. The molecule has 1 heterocycles. The second kappa shape index (κ2) is 3.24. The lowest BCUT2D eigenvalue weighted by Gasteiger charge is -2.02. The molecule has 0 aliphatic rings. The molecule has 0 radical (unpaired) electrons. The van der Waals surface area contributed by atoms with Crippen molar-refractivity contribution in [2.24, 2.45) is 0 Å². The topological polar surface area (TPSA) is 53.1 Å². The molecule has 0 saturated heterocycles. The Bertz CT molecular complexity index is 562. The molecule has 2 aromatic rings. The summed E-state index contributed by atoms with van der Waals surface area (Å²) in [6.07, 6.45) is 1.31. The number of aromatic carboxylic acids is 1. The summed E-state index contributed by atoms with van der Waals surface area (Å²) in [5.74, 6) is -1.61. The van der Waals surface area contributed by atoms with Crippen molar-refractivity contribution in [1.29, 1.82) is 0 Å². The van der Waals surface area contributed by atoms with Crippen LogP contribution in [0.1, 0.15) is 15.9 Å². The van der Waals surface area contributed by atoms with E-state index in [-0.39, 0.29) is 16.1 Å². The van der Waals surface area contributed by atoms with Gasteiger partial charge in [-0.2, -0.15) is 0 Å². The fourth-order valence-corrected chi connectivity index (χ4v) is 1.83. The summed E-state index contributed by atoms with van der Waals surface area (Å²) >= 11 is 5.79. The summed E-state index contributed by atoms with van der Waals surface area (Å²) in [5, 5.41) is 9.40. The summed E-state index contributed by atoms with van der Waals surface area (Å²) in [4.78, 5) is 13.6. The number of nitrogens with one attached hydrogen (secondary N) is 1. The molecule has 2 N–H and O–H groups in total. The highest BCUT2D eigenvalue weighted by Crippen LogP contribution is 2.30. The first-order chi connectivity index (χ1) is 7.02. The van der Waals surface area contributed by atoms with Crippen LogP contribution in [0.3, 0.4) is 0 Å². The lowest BCUT2D eigenvalue weighted by atomic mass is 10.1. The first kappa shape index (κ1) is 9.98. The molecule has 1 aromatic carbocycles. The molecule has 2 rings (SSSR count). The zero-order valence-electron chi connectivity index (χ0n) is 7.77. The van der Waals surface area contributed by atoms with E-state index in [0.717, 1.165) is 0 Å². The minimum absolute atomic E-state index is 0.0314. The summed E-state index contributed by atoms with van der Waals surface area (Å²) in [7, 11) is 0. The maximum atomic E-state index is 13.3. The number of hydrogen-bond acceptors (Lipinski definition) is 1. The van der Waals surface area contributed by atoms with Crippen molar-refractivity contribution in [3.8, 4) is 0 Å². The molecule has 0 spiro atoms. The SMILES string of the molecule is Cc1c(F)cc(Cl)c2[nH]cc(C(=O)O)c12. The molecular weight excluding hydrogens is 221 g/mol. The number of carboxylic acid groups (broad SMARTS) is 1. The number of carboxylic acids is 1. The van der Waals surface area contributed by atoms with Gasteiger partial charge in [0.1, 0.15) is 5.82 Å². The molecule has 0 unspecified atom stereocenters. The average molecular weight is 228 g/mol. The van der Waals surface area contributed by atoms with Crippen molar-refractivity contribution in [2.75, 3.05) is 0 Å². The van der Waals surface area contributed by atoms with Crippen LogP contribution in [0.5, 0.6) is 0 Å². The molecule has 78 valence electrons. The summed E-state index contributed by atoms with van der Waals surface area (Å²) in [5.41, 5.74) is 0.768. The largest absolute Gasteiger partial charge is 0.478 e. The van der Waals surface area contributed by atoms with Crippen molar-refractivity contribution in [3.05, 3.63) is 34.2 Å². The molecule has 0 saturated carbocycles. The Morgan fingerprint density at radius 2 is 2.27 bits per heavy atom. The summed E-state index contributed by atoms with van der Waals surface area (Å²) < 4.78 is 13.3. The lowest BCUT2D eigenvalue weighted by molar-refractivity contribution is 0.0699. The zero-order chi connectivity index (χ0) is 11.2. The first-order valence-electron chi connectivity index (χ1n) is 4.21. The van der Waals surface area contributed by atoms with Gasteiger partial charge in [-0.3, -0.25) is 0 Å². The van der Waals surface area contributed by atoms with Crippen LogP contribution in [0.4, 0.5) is 4.39 Å². The average Bonchev–Trinajstić information content (AvgIpc) is 2.58. The molecule has 0 fully saturated rings. The van der Waals surface area contributed by atoms with Gasteiger partial charge in [0.15, 0.2) is 0 Å². The van der Waals surface area contributed by atoms with E-state index in [1.54, 1.807) is 0 Å². The van der Waals surface area contributed by atoms with E-state index < -0.39 is 11.8 Å². The van der Waals surface area contributed by atoms with Gasteiger partial charge in [-0.05, 0) is 18.6 Å². The van der Waals surface area contributed by atoms with Gasteiger partial charge in [-0.1, -0.05) is 11.6 Å². The molecule has 0 aliphatic carbocycles. The predicted molar refractivity (Wildman–Crippen MR) is 55.0 cm³/mol. The van der Waals surface area contributed by atoms with E-state index in [4.69, 9.17) is 16.7 Å². The highest BCUT2D eigenvalue weighted by atomic mass is 35.5. The smallest absolute Gasteiger partial charge is 0.337 e. The maximum absolute atomic E-state index is 13.3. The van der Waals surface area contributed by atoms with E-state index in [1.165, 1.54) is 19.2 Å². The second-order valence-corrected chi connectivity index (χ2v) is 3.63. The van der Waals surface area contributed by atoms with Crippen molar-refractivity contribution in [3.63, 3.8) is 0 Å². The van der Waals surface area contributed by atoms with Gasteiger partial charge in [0.25, 0.3) is 0 Å². The molecule has 0 atom stereocenters. The number of H-pyrrole nitrogens is 1. The van der Waals surface area contributed by atoms with Gasteiger partial charge in [0, 0.05) is 11.6 Å². The van der Waals surface area contributed by atoms with Gasteiger partial charge in [-0.25, -0.2) is 9.18 Å². The fourth-order valence-electron chi connectivity index (χ4n) is 1.58. The Morgan fingerprint density at radius 3 is 2.87 bits per heavy atom. The number of halogens is 2. The predicted octanol–water partition coefficient (Wildman–Crippen LogP) is 2.97. The monoisotopic (exact) mass is 227 g/mol. The van der Waals surface area contributed by atoms with Crippen molar-refractivity contribution >= 4 is 28.5 Å². The standard InChI is InChI=1S/C10H7ClFNO2/c1-4-7(12)2-6(11)9-8(4)5(3-13-9)10(14)15/h2-3,13H,1H3,(H,14,15). The molecular formula is C10H7ClFNO2. The minimum Gasteiger partial charge on any atom is -0.478 e. The molecule has 5 heteroatoms. The number of benzene rings is 1. The summed E-state index contributed by atoms with van der Waals surface area (Å²) in [6, 6.07) is 1.17. The number of fused-ring (bicyclic) bond motifs is 1. The van der Waals surface area contributed by atoms with E-state index in [9.17, 15) is 9.18 Å². The Morgan fingerprint density at radius 1 is 1.60 bits per heavy atom. The number of hydrogen-bond donors (Lipinski definition) is 2. The highest BCUT2D eigenvalue weighted by molar-refractivity contribution is 6.35. The number of aromatic amines is 1. The van der Waals surface area contributed by atoms with Gasteiger partial charge >= 0.3 is 5.97 Å². The minimum atomic E-state index is -1.11. The van der Waals surface area contributed by atoms with Gasteiger partial charge in [0.05, 0.1) is 16.1 Å². The molecule has 0 aliphatic heterocycles. The third kappa shape index (κ3) is 1.37. The fraction of sp³-hybridized carbons (Fsp3) is 0.100. The van der Waals surface area contributed by atoms with E-state index >= 15 is 0 Å². The molecule has 3 nitrogen and oxygen atoms in total. The van der Waals surface area contributed by atoms with Crippen LogP contribution < -0.4 is 0 Å². The van der Waals surface area contributed by atoms with Gasteiger partial charge in [-0.15, -0.1) is 0 Å².